The Bertz CT molecular complexity index is 1450. The number of fused-ring (bicyclic) bond motifs is 6. The molecule has 7 rings (SSSR count). The lowest BCUT2D eigenvalue weighted by atomic mass is 9.76. The number of Topliss-reactive ketones (excluding diaryl/α,β-unsaturated/α-hetero) is 1. The van der Waals surface area contributed by atoms with Gasteiger partial charge in [0.05, 0.1) is 0 Å². The molecule has 0 spiro atoms. The lowest BCUT2D eigenvalue weighted by Gasteiger charge is -2.47. The minimum atomic E-state index is -0.244. The zero-order chi connectivity index (χ0) is 24.9. The van der Waals surface area contributed by atoms with Crippen LogP contribution in [0.1, 0.15) is 59.5 Å². The third-order valence-corrected chi connectivity index (χ3v) is 8.51. The van der Waals surface area contributed by atoms with E-state index in [4.69, 9.17) is 9.15 Å². The van der Waals surface area contributed by atoms with E-state index in [1.807, 2.05) is 35.2 Å². The van der Waals surface area contributed by atoms with E-state index in [1.54, 1.807) is 0 Å². The largest absolute Gasteiger partial charge is 0.448 e. The molecule has 6 heteroatoms. The lowest BCUT2D eigenvalue weighted by Crippen LogP contribution is -2.55. The van der Waals surface area contributed by atoms with Crippen molar-refractivity contribution in [2.24, 2.45) is 5.92 Å². The highest BCUT2D eigenvalue weighted by Crippen LogP contribution is 2.45. The summed E-state index contributed by atoms with van der Waals surface area (Å²) in [4.78, 5) is 33.0. The Morgan fingerprint density at radius 2 is 1.59 bits per heavy atom. The molecule has 186 valence electrons. The molecule has 1 amide bonds. The molecule has 2 bridgehead atoms. The number of benzene rings is 3. The Hall–Kier alpha value is -3.93. The van der Waals surface area contributed by atoms with E-state index in [-0.39, 0.29) is 35.8 Å². The fourth-order valence-electron chi connectivity index (χ4n) is 6.81. The highest BCUT2D eigenvalue weighted by molar-refractivity contribution is 6.00. The Morgan fingerprint density at radius 1 is 0.919 bits per heavy atom. The number of ketones is 1. The minimum absolute atomic E-state index is 0.0351. The van der Waals surface area contributed by atoms with Crippen LogP contribution in [0.25, 0.3) is 22.2 Å². The van der Waals surface area contributed by atoms with Gasteiger partial charge in [0.25, 0.3) is 0 Å². The quantitative estimate of drug-likeness (QED) is 0.300. The predicted molar refractivity (Wildman–Crippen MR) is 139 cm³/mol. The molecule has 2 aliphatic heterocycles. The molecular weight excluding hydrogens is 464 g/mol. The third kappa shape index (κ3) is 3.74. The molecule has 2 saturated heterocycles. The van der Waals surface area contributed by atoms with Crippen LogP contribution in [0.4, 0.5) is 4.79 Å². The van der Waals surface area contributed by atoms with Crippen LogP contribution in [-0.2, 0) is 4.74 Å². The van der Waals surface area contributed by atoms with Crippen LogP contribution in [0.3, 0.4) is 0 Å². The fraction of sp³-hybridized carbons (Fsp3) is 0.323. The number of piperidine rings is 2. The summed E-state index contributed by atoms with van der Waals surface area (Å²) in [7, 11) is 0. The average molecular weight is 493 g/mol. The van der Waals surface area contributed by atoms with E-state index in [9.17, 15) is 9.59 Å². The summed E-state index contributed by atoms with van der Waals surface area (Å²) >= 11 is 0. The summed E-state index contributed by atoms with van der Waals surface area (Å²) in [5.74, 6) is 0.0769. The first-order valence-corrected chi connectivity index (χ1v) is 13.2. The maximum absolute atomic E-state index is 13.5. The van der Waals surface area contributed by atoms with Crippen molar-refractivity contribution in [3.63, 3.8) is 0 Å². The van der Waals surface area contributed by atoms with Crippen LogP contribution < -0.4 is 0 Å². The summed E-state index contributed by atoms with van der Waals surface area (Å²) in [6.45, 7) is 0.322. The summed E-state index contributed by atoms with van der Waals surface area (Å²) in [6.07, 6.45) is 5.41. The smallest absolute Gasteiger partial charge is 0.410 e. The van der Waals surface area contributed by atoms with Crippen molar-refractivity contribution in [1.82, 2.24) is 9.88 Å². The number of rotatable bonds is 4. The van der Waals surface area contributed by atoms with Crippen molar-refractivity contribution in [2.75, 3.05) is 6.61 Å². The van der Waals surface area contributed by atoms with Gasteiger partial charge in [-0.25, -0.2) is 9.78 Å². The zero-order valence-electron chi connectivity index (χ0n) is 20.5. The normalized spacial score (nSPS) is 22.5. The van der Waals surface area contributed by atoms with E-state index in [2.05, 4.69) is 41.4 Å². The molecule has 4 aromatic rings. The summed E-state index contributed by atoms with van der Waals surface area (Å²) in [5.41, 5.74) is 6.91. The van der Waals surface area contributed by atoms with Gasteiger partial charge in [0.1, 0.15) is 12.1 Å². The number of nitrogens with zero attached hydrogens (tertiary/aromatic N) is 2. The molecular formula is C31H28N2O4. The Kier molecular flexibility index (Phi) is 5.34. The van der Waals surface area contributed by atoms with Crippen molar-refractivity contribution in [3.05, 3.63) is 89.8 Å². The standard InChI is InChI=1S/C31H28N2O4/c34-30(19-12-13-29-28(16-19)32-18-37-29)20-14-21-6-5-7-22(15-20)33(21)31(35)36-17-27-25-10-3-1-8-23(25)24-9-2-4-11-26(24)27/h1-4,8-13,16,18,20-22,27H,5-7,14-15,17H2. The molecule has 0 saturated carbocycles. The van der Waals surface area contributed by atoms with E-state index < -0.39 is 0 Å². The Labute approximate surface area is 215 Å². The Balaban J connectivity index is 1.07. The van der Waals surface area contributed by atoms with Crippen LogP contribution in [0, 0.1) is 5.92 Å². The van der Waals surface area contributed by atoms with E-state index in [0.29, 0.717) is 36.1 Å². The topological polar surface area (TPSA) is 72.6 Å². The second-order valence-electron chi connectivity index (χ2n) is 10.5. The van der Waals surface area contributed by atoms with Crippen molar-refractivity contribution in [1.29, 1.82) is 0 Å². The molecule has 0 radical (unpaired) electrons. The minimum Gasteiger partial charge on any atom is -0.448 e. The van der Waals surface area contributed by atoms with Crippen molar-refractivity contribution < 1.29 is 18.7 Å². The first kappa shape index (κ1) is 22.3. The van der Waals surface area contributed by atoms with Crippen LogP contribution in [0.5, 0.6) is 0 Å². The van der Waals surface area contributed by atoms with Crippen molar-refractivity contribution >= 4 is 23.0 Å². The highest BCUT2D eigenvalue weighted by atomic mass is 16.6. The fourth-order valence-corrected chi connectivity index (χ4v) is 6.81. The number of carbonyl (C=O) groups is 2. The number of amides is 1. The molecule has 1 aliphatic carbocycles. The number of aromatic nitrogens is 1. The molecule has 2 unspecified atom stereocenters. The lowest BCUT2D eigenvalue weighted by molar-refractivity contribution is 0.00651. The van der Waals surface area contributed by atoms with E-state index in [0.717, 1.165) is 19.3 Å². The van der Waals surface area contributed by atoms with Gasteiger partial charge in [0.2, 0.25) is 0 Å². The molecule has 3 heterocycles. The van der Waals surface area contributed by atoms with Gasteiger partial charge in [-0.1, -0.05) is 48.5 Å². The van der Waals surface area contributed by atoms with Gasteiger partial charge in [-0.15, -0.1) is 0 Å². The maximum Gasteiger partial charge on any atom is 0.410 e. The van der Waals surface area contributed by atoms with Gasteiger partial charge >= 0.3 is 6.09 Å². The number of carbonyl (C=O) groups excluding carboxylic acids is 2. The number of ether oxygens (including phenoxy) is 1. The van der Waals surface area contributed by atoms with Crippen LogP contribution >= 0.6 is 0 Å². The van der Waals surface area contributed by atoms with E-state index in [1.165, 1.54) is 28.6 Å². The second kappa shape index (κ2) is 8.87. The predicted octanol–water partition coefficient (Wildman–Crippen LogP) is 6.59. The van der Waals surface area contributed by atoms with Gasteiger partial charge in [0.15, 0.2) is 17.8 Å². The SMILES string of the molecule is O=C(c1ccc2ocnc2c1)C1CC2CCCC(C1)N2C(=O)OCC1c2ccccc2-c2ccccc21. The summed E-state index contributed by atoms with van der Waals surface area (Å²) < 4.78 is 11.3. The summed E-state index contributed by atoms with van der Waals surface area (Å²) in [5, 5.41) is 0. The molecule has 6 nitrogen and oxygen atoms in total. The van der Waals surface area contributed by atoms with Crippen molar-refractivity contribution in [3.8, 4) is 11.1 Å². The maximum atomic E-state index is 13.5. The monoisotopic (exact) mass is 492 g/mol. The second-order valence-corrected chi connectivity index (χ2v) is 10.5. The van der Waals surface area contributed by atoms with Crippen LogP contribution in [0.2, 0.25) is 0 Å². The molecule has 0 N–H and O–H groups in total. The Morgan fingerprint density at radius 3 is 2.30 bits per heavy atom. The number of hydrogen-bond acceptors (Lipinski definition) is 5. The van der Waals surface area contributed by atoms with Gasteiger partial charge in [-0.05, 0) is 72.6 Å². The van der Waals surface area contributed by atoms with Gasteiger partial charge in [0, 0.05) is 29.5 Å². The molecule has 37 heavy (non-hydrogen) atoms. The van der Waals surface area contributed by atoms with Crippen LogP contribution in [0.15, 0.2) is 77.5 Å². The first-order valence-electron chi connectivity index (χ1n) is 13.2. The number of hydrogen-bond donors (Lipinski definition) is 0. The molecule has 1 aromatic heterocycles. The van der Waals surface area contributed by atoms with Crippen molar-refractivity contribution in [2.45, 2.75) is 50.1 Å². The third-order valence-electron chi connectivity index (χ3n) is 8.51. The molecule has 3 aliphatic rings. The molecule has 2 atom stereocenters. The molecule has 3 aromatic carbocycles. The van der Waals surface area contributed by atoms with Gasteiger partial charge < -0.3 is 14.1 Å². The van der Waals surface area contributed by atoms with Gasteiger partial charge in [-0.2, -0.15) is 0 Å². The van der Waals surface area contributed by atoms with Crippen LogP contribution in [-0.4, -0.2) is 40.5 Å². The summed E-state index contributed by atoms with van der Waals surface area (Å²) in [6, 6.07) is 22.3. The zero-order valence-corrected chi connectivity index (χ0v) is 20.5. The highest BCUT2D eigenvalue weighted by Gasteiger charge is 2.44. The van der Waals surface area contributed by atoms with E-state index >= 15 is 0 Å². The van der Waals surface area contributed by atoms with Gasteiger partial charge in [-0.3, -0.25) is 4.79 Å². The first-order chi connectivity index (χ1) is 18.2. The average Bonchev–Trinajstić information content (AvgIpc) is 3.53. The molecule has 2 fully saturated rings. The number of oxazole rings is 1.